The van der Waals surface area contributed by atoms with Crippen molar-refractivity contribution in [3.05, 3.63) is 0 Å². The third-order valence-corrected chi connectivity index (χ3v) is 3.79. The van der Waals surface area contributed by atoms with Gasteiger partial charge in [0.1, 0.15) is 0 Å². The van der Waals surface area contributed by atoms with Crippen molar-refractivity contribution in [3.8, 4) is 0 Å². The lowest BCUT2D eigenvalue weighted by Crippen LogP contribution is -2.47. The molecule has 2 rings (SSSR count). The SMILES string of the molecule is CCOC(=O)C1CCC(C2CCC2)NC1. The van der Waals surface area contributed by atoms with E-state index in [0.717, 1.165) is 25.3 Å². The van der Waals surface area contributed by atoms with Crippen molar-refractivity contribution in [2.24, 2.45) is 11.8 Å². The van der Waals surface area contributed by atoms with Crippen LogP contribution in [0.25, 0.3) is 0 Å². The number of carbonyl (C=O) groups is 1. The third kappa shape index (κ3) is 2.51. The van der Waals surface area contributed by atoms with Gasteiger partial charge in [0.15, 0.2) is 0 Å². The minimum atomic E-state index is -0.0166. The zero-order valence-corrected chi connectivity index (χ0v) is 9.50. The fourth-order valence-electron chi connectivity index (χ4n) is 2.58. The summed E-state index contributed by atoms with van der Waals surface area (Å²) < 4.78 is 5.04. The van der Waals surface area contributed by atoms with E-state index >= 15 is 0 Å². The number of piperidine rings is 1. The first-order chi connectivity index (χ1) is 7.31. The number of hydrogen-bond donors (Lipinski definition) is 1. The van der Waals surface area contributed by atoms with Crippen LogP contribution in [0.5, 0.6) is 0 Å². The summed E-state index contributed by atoms with van der Waals surface area (Å²) in [6, 6.07) is 0.671. The van der Waals surface area contributed by atoms with Crippen LogP contribution in [0.3, 0.4) is 0 Å². The minimum Gasteiger partial charge on any atom is -0.466 e. The summed E-state index contributed by atoms with van der Waals surface area (Å²) in [5, 5.41) is 3.51. The summed E-state index contributed by atoms with van der Waals surface area (Å²) in [6.07, 6.45) is 6.30. The molecule has 0 aromatic carbocycles. The molecule has 2 atom stereocenters. The fourth-order valence-corrected chi connectivity index (χ4v) is 2.58. The first-order valence-corrected chi connectivity index (χ1v) is 6.21. The molecule has 1 saturated carbocycles. The summed E-state index contributed by atoms with van der Waals surface area (Å²) >= 11 is 0. The molecule has 0 amide bonds. The van der Waals surface area contributed by atoms with Crippen molar-refractivity contribution in [2.75, 3.05) is 13.2 Å². The second-order valence-electron chi connectivity index (χ2n) is 4.73. The van der Waals surface area contributed by atoms with E-state index in [1.165, 1.54) is 19.3 Å². The number of carbonyl (C=O) groups excluding carboxylic acids is 1. The first kappa shape index (κ1) is 10.9. The summed E-state index contributed by atoms with van der Waals surface area (Å²) in [5.41, 5.74) is 0. The number of esters is 1. The molecule has 1 N–H and O–H groups in total. The van der Waals surface area contributed by atoms with Crippen molar-refractivity contribution in [1.29, 1.82) is 0 Å². The van der Waals surface area contributed by atoms with Crippen LogP contribution in [0.4, 0.5) is 0 Å². The van der Waals surface area contributed by atoms with Crippen LogP contribution in [0.1, 0.15) is 39.0 Å². The monoisotopic (exact) mass is 211 g/mol. The van der Waals surface area contributed by atoms with Gasteiger partial charge in [-0.05, 0) is 38.5 Å². The van der Waals surface area contributed by atoms with E-state index in [1.54, 1.807) is 0 Å². The van der Waals surface area contributed by atoms with Gasteiger partial charge in [-0.1, -0.05) is 6.42 Å². The maximum Gasteiger partial charge on any atom is 0.310 e. The molecule has 3 heteroatoms. The molecule has 0 aromatic rings. The molecule has 0 aromatic heterocycles. The predicted molar refractivity (Wildman–Crippen MR) is 58.5 cm³/mol. The Kier molecular flexibility index (Phi) is 3.62. The van der Waals surface area contributed by atoms with Crippen LogP contribution in [-0.2, 0) is 9.53 Å². The molecule has 3 nitrogen and oxygen atoms in total. The normalized spacial score (nSPS) is 32.1. The van der Waals surface area contributed by atoms with Crippen molar-refractivity contribution < 1.29 is 9.53 Å². The van der Waals surface area contributed by atoms with Gasteiger partial charge in [0, 0.05) is 12.6 Å². The van der Waals surface area contributed by atoms with Crippen LogP contribution in [0.2, 0.25) is 0 Å². The summed E-state index contributed by atoms with van der Waals surface area (Å²) in [7, 11) is 0. The molecule has 1 aliphatic heterocycles. The number of ether oxygens (including phenoxy) is 1. The summed E-state index contributed by atoms with van der Waals surface area (Å²) in [5.74, 6) is 0.964. The van der Waals surface area contributed by atoms with E-state index in [4.69, 9.17) is 4.74 Å². The maximum atomic E-state index is 11.5. The average molecular weight is 211 g/mol. The van der Waals surface area contributed by atoms with E-state index in [9.17, 15) is 4.79 Å². The highest BCUT2D eigenvalue weighted by molar-refractivity contribution is 5.72. The van der Waals surface area contributed by atoms with Gasteiger partial charge in [0.2, 0.25) is 0 Å². The van der Waals surface area contributed by atoms with Crippen molar-refractivity contribution in [3.63, 3.8) is 0 Å². The lowest BCUT2D eigenvalue weighted by atomic mass is 9.76. The molecule has 1 saturated heterocycles. The highest BCUT2D eigenvalue weighted by Gasteiger charge is 2.33. The Morgan fingerprint density at radius 3 is 2.60 bits per heavy atom. The molecule has 0 bridgehead atoms. The Morgan fingerprint density at radius 2 is 2.13 bits per heavy atom. The third-order valence-electron chi connectivity index (χ3n) is 3.79. The largest absolute Gasteiger partial charge is 0.466 e. The van der Waals surface area contributed by atoms with Gasteiger partial charge in [-0.3, -0.25) is 4.79 Å². The van der Waals surface area contributed by atoms with Crippen molar-refractivity contribution >= 4 is 5.97 Å². The highest BCUT2D eigenvalue weighted by atomic mass is 16.5. The van der Waals surface area contributed by atoms with E-state index in [0.29, 0.717) is 12.6 Å². The number of rotatable bonds is 3. The Morgan fingerprint density at radius 1 is 1.33 bits per heavy atom. The lowest BCUT2D eigenvalue weighted by Gasteiger charge is -2.38. The second-order valence-corrected chi connectivity index (χ2v) is 4.73. The van der Waals surface area contributed by atoms with Gasteiger partial charge >= 0.3 is 5.97 Å². The fraction of sp³-hybridized carbons (Fsp3) is 0.917. The Bertz CT molecular complexity index is 218. The van der Waals surface area contributed by atoms with Crippen LogP contribution in [0.15, 0.2) is 0 Å². The van der Waals surface area contributed by atoms with Crippen LogP contribution in [-0.4, -0.2) is 25.2 Å². The van der Waals surface area contributed by atoms with Crippen LogP contribution < -0.4 is 5.32 Å². The van der Waals surface area contributed by atoms with E-state index in [1.807, 2.05) is 6.92 Å². The average Bonchev–Trinajstić information content (AvgIpc) is 2.16. The maximum absolute atomic E-state index is 11.5. The number of hydrogen-bond acceptors (Lipinski definition) is 3. The zero-order valence-electron chi connectivity index (χ0n) is 9.50. The Hall–Kier alpha value is -0.570. The Labute approximate surface area is 91.6 Å². The topological polar surface area (TPSA) is 38.3 Å². The molecule has 2 fully saturated rings. The predicted octanol–water partition coefficient (Wildman–Crippen LogP) is 1.72. The lowest BCUT2D eigenvalue weighted by molar-refractivity contribution is -0.148. The first-order valence-electron chi connectivity index (χ1n) is 6.21. The summed E-state index contributed by atoms with van der Waals surface area (Å²) in [6.45, 7) is 3.19. The summed E-state index contributed by atoms with van der Waals surface area (Å²) in [4.78, 5) is 11.5. The molecule has 1 heterocycles. The van der Waals surface area contributed by atoms with Crippen LogP contribution in [0, 0.1) is 11.8 Å². The van der Waals surface area contributed by atoms with Gasteiger partial charge in [0.05, 0.1) is 12.5 Å². The van der Waals surface area contributed by atoms with Crippen molar-refractivity contribution in [1.82, 2.24) is 5.32 Å². The standard InChI is InChI=1S/C12H21NO2/c1-2-15-12(14)10-6-7-11(13-8-10)9-4-3-5-9/h9-11,13H,2-8H2,1H3. The van der Waals surface area contributed by atoms with Gasteiger partial charge in [-0.15, -0.1) is 0 Å². The second kappa shape index (κ2) is 4.97. The molecule has 15 heavy (non-hydrogen) atoms. The molecule has 86 valence electrons. The molecule has 1 aliphatic carbocycles. The quantitative estimate of drug-likeness (QED) is 0.722. The van der Waals surface area contributed by atoms with Crippen molar-refractivity contribution in [2.45, 2.75) is 45.1 Å². The molecule has 2 aliphatic rings. The Balaban J connectivity index is 1.73. The van der Waals surface area contributed by atoms with Gasteiger partial charge < -0.3 is 10.1 Å². The van der Waals surface area contributed by atoms with Crippen LogP contribution >= 0.6 is 0 Å². The molecule has 0 spiro atoms. The van der Waals surface area contributed by atoms with E-state index in [-0.39, 0.29) is 11.9 Å². The molecular weight excluding hydrogens is 190 g/mol. The molecular formula is C12H21NO2. The van der Waals surface area contributed by atoms with E-state index in [2.05, 4.69) is 5.32 Å². The van der Waals surface area contributed by atoms with Gasteiger partial charge in [0.25, 0.3) is 0 Å². The highest BCUT2D eigenvalue weighted by Crippen LogP contribution is 2.33. The smallest absolute Gasteiger partial charge is 0.310 e. The molecule has 2 unspecified atom stereocenters. The molecule has 0 radical (unpaired) electrons. The minimum absolute atomic E-state index is 0.0166. The van der Waals surface area contributed by atoms with Gasteiger partial charge in [-0.2, -0.15) is 0 Å². The number of nitrogens with one attached hydrogen (secondary N) is 1. The zero-order chi connectivity index (χ0) is 10.7. The van der Waals surface area contributed by atoms with E-state index < -0.39 is 0 Å². The van der Waals surface area contributed by atoms with Gasteiger partial charge in [-0.25, -0.2) is 0 Å².